The van der Waals surface area contributed by atoms with Crippen molar-refractivity contribution in [2.24, 2.45) is 11.8 Å². The summed E-state index contributed by atoms with van der Waals surface area (Å²) in [6, 6.07) is 8.27. The molecule has 17 heavy (non-hydrogen) atoms. The average molecular weight is 232 g/mol. The Hall–Kier alpha value is -0.860. The minimum absolute atomic E-state index is 0.0338. The lowest BCUT2D eigenvalue weighted by Crippen LogP contribution is -2.41. The van der Waals surface area contributed by atoms with E-state index >= 15 is 0 Å². The molecule has 0 aromatic heterocycles. The van der Waals surface area contributed by atoms with Crippen LogP contribution in [0, 0.1) is 11.8 Å². The van der Waals surface area contributed by atoms with E-state index in [4.69, 9.17) is 0 Å². The fourth-order valence-electron chi connectivity index (χ4n) is 3.44. The monoisotopic (exact) mass is 232 g/mol. The van der Waals surface area contributed by atoms with Gasteiger partial charge < -0.3 is 10.2 Å². The highest BCUT2D eigenvalue weighted by Gasteiger charge is 2.49. The van der Waals surface area contributed by atoms with Gasteiger partial charge in [0.2, 0.25) is 0 Å². The van der Waals surface area contributed by atoms with Crippen LogP contribution in [0.5, 0.6) is 0 Å². The summed E-state index contributed by atoms with van der Waals surface area (Å²) in [4.78, 5) is 0. The number of rotatable bonds is 1. The van der Waals surface area contributed by atoms with Gasteiger partial charge in [-0.25, -0.2) is 0 Å². The third kappa shape index (κ3) is 1.62. The molecule has 2 nitrogen and oxygen atoms in total. The number of benzene rings is 1. The Morgan fingerprint density at radius 1 is 1.00 bits per heavy atom. The quantitative estimate of drug-likeness (QED) is 0.779. The first-order valence-corrected chi connectivity index (χ1v) is 6.56. The Bertz CT molecular complexity index is 429. The summed E-state index contributed by atoms with van der Waals surface area (Å²) in [7, 11) is 0. The number of hydrogen-bond acceptors (Lipinski definition) is 2. The zero-order chi connectivity index (χ0) is 12.2. The van der Waals surface area contributed by atoms with Crippen molar-refractivity contribution in [2.75, 3.05) is 0 Å². The van der Waals surface area contributed by atoms with Crippen LogP contribution < -0.4 is 0 Å². The molecule has 6 atom stereocenters. The zero-order valence-corrected chi connectivity index (χ0v) is 10.4. The molecule has 0 saturated heterocycles. The minimum atomic E-state index is -0.623. The van der Waals surface area contributed by atoms with Crippen LogP contribution in [0.3, 0.4) is 0 Å². The van der Waals surface area contributed by atoms with Crippen LogP contribution in [0.4, 0.5) is 0 Å². The number of aliphatic hydroxyl groups is 2. The van der Waals surface area contributed by atoms with E-state index in [0.717, 1.165) is 0 Å². The third-order valence-corrected chi connectivity index (χ3v) is 4.71. The molecule has 0 heterocycles. The minimum Gasteiger partial charge on any atom is -0.390 e. The maximum atomic E-state index is 10.3. The van der Waals surface area contributed by atoms with Gasteiger partial charge in [-0.2, -0.15) is 0 Å². The summed E-state index contributed by atoms with van der Waals surface area (Å²) in [5.41, 5.74) is 2.47. The molecule has 1 saturated carbocycles. The van der Waals surface area contributed by atoms with E-state index in [2.05, 4.69) is 19.1 Å². The average Bonchev–Trinajstić information content (AvgIpc) is 3.04. The van der Waals surface area contributed by atoms with Gasteiger partial charge in [-0.3, -0.25) is 0 Å². The first kappa shape index (κ1) is 11.2. The van der Waals surface area contributed by atoms with Crippen LogP contribution in [0.2, 0.25) is 0 Å². The summed E-state index contributed by atoms with van der Waals surface area (Å²) >= 11 is 0. The van der Waals surface area contributed by atoms with Gasteiger partial charge >= 0.3 is 0 Å². The van der Waals surface area contributed by atoms with Crippen LogP contribution in [-0.2, 0) is 0 Å². The van der Waals surface area contributed by atoms with Crippen molar-refractivity contribution in [3.63, 3.8) is 0 Å². The Morgan fingerprint density at radius 2 is 1.59 bits per heavy atom. The highest BCUT2D eigenvalue weighted by Crippen LogP contribution is 2.54. The molecule has 3 rings (SSSR count). The second kappa shape index (κ2) is 3.82. The topological polar surface area (TPSA) is 40.5 Å². The van der Waals surface area contributed by atoms with Crippen molar-refractivity contribution in [2.45, 2.75) is 44.3 Å². The van der Waals surface area contributed by atoms with E-state index in [1.807, 2.05) is 19.1 Å². The first-order chi connectivity index (χ1) is 8.11. The van der Waals surface area contributed by atoms with Gasteiger partial charge in [0.25, 0.3) is 0 Å². The summed E-state index contributed by atoms with van der Waals surface area (Å²) in [5, 5.41) is 20.5. The number of aliphatic hydroxyl groups excluding tert-OH is 2. The second-order valence-corrected chi connectivity index (χ2v) is 5.80. The van der Waals surface area contributed by atoms with E-state index in [1.54, 1.807) is 0 Å². The molecule has 1 aromatic rings. The summed E-state index contributed by atoms with van der Waals surface area (Å²) in [5.74, 6) is 1.40. The fourth-order valence-corrected chi connectivity index (χ4v) is 3.44. The van der Waals surface area contributed by atoms with Gasteiger partial charge in [-0.15, -0.1) is 0 Å². The Kier molecular flexibility index (Phi) is 2.53. The first-order valence-electron chi connectivity index (χ1n) is 6.56. The molecule has 1 aromatic carbocycles. The van der Waals surface area contributed by atoms with Gasteiger partial charge in [0.05, 0.1) is 12.2 Å². The molecule has 0 radical (unpaired) electrons. The molecule has 2 heteroatoms. The van der Waals surface area contributed by atoms with Crippen molar-refractivity contribution in [3.8, 4) is 0 Å². The zero-order valence-electron chi connectivity index (χ0n) is 10.4. The van der Waals surface area contributed by atoms with Crippen molar-refractivity contribution in [1.29, 1.82) is 0 Å². The molecule has 6 unspecified atom stereocenters. The van der Waals surface area contributed by atoms with E-state index in [0.29, 0.717) is 11.8 Å². The molecule has 92 valence electrons. The summed E-state index contributed by atoms with van der Waals surface area (Å²) in [6.07, 6.45) is -0.0468. The predicted octanol–water partition coefficient (Wildman–Crippen LogP) is 2.27. The molecule has 0 amide bonds. The van der Waals surface area contributed by atoms with Crippen LogP contribution in [0.15, 0.2) is 24.3 Å². The SMILES string of the molecule is CC1CC1C1c2ccccc2C(C)C(O)C1O. The van der Waals surface area contributed by atoms with E-state index < -0.39 is 12.2 Å². The van der Waals surface area contributed by atoms with Gasteiger partial charge in [0, 0.05) is 11.8 Å². The lowest BCUT2D eigenvalue weighted by atomic mass is 9.71. The number of fused-ring (bicyclic) bond motifs is 1. The van der Waals surface area contributed by atoms with Crippen LogP contribution in [-0.4, -0.2) is 22.4 Å². The third-order valence-electron chi connectivity index (χ3n) is 4.71. The second-order valence-electron chi connectivity index (χ2n) is 5.80. The van der Waals surface area contributed by atoms with Gasteiger partial charge in [0.1, 0.15) is 0 Å². The molecule has 1 fully saturated rings. The lowest BCUT2D eigenvalue weighted by Gasteiger charge is -2.38. The van der Waals surface area contributed by atoms with Crippen molar-refractivity contribution < 1.29 is 10.2 Å². The Balaban J connectivity index is 2.06. The molecule has 2 aliphatic carbocycles. The van der Waals surface area contributed by atoms with Crippen molar-refractivity contribution in [1.82, 2.24) is 0 Å². The highest BCUT2D eigenvalue weighted by molar-refractivity contribution is 5.39. The number of hydrogen-bond donors (Lipinski definition) is 2. The van der Waals surface area contributed by atoms with Crippen LogP contribution >= 0.6 is 0 Å². The molecule has 0 aliphatic heterocycles. The normalized spacial score (nSPS) is 44.2. The summed E-state index contributed by atoms with van der Waals surface area (Å²) in [6.45, 7) is 4.23. The van der Waals surface area contributed by atoms with Gasteiger partial charge in [0.15, 0.2) is 0 Å². The van der Waals surface area contributed by atoms with Gasteiger partial charge in [-0.1, -0.05) is 38.1 Å². The Labute approximate surface area is 102 Å². The highest BCUT2D eigenvalue weighted by atomic mass is 16.3. The standard InChI is InChI=1S/C15H20O2/c1-8-7-12(8)13-11-6-4-3-5-10(11)9(2)14(16)15(13)17/h3-6,8-9,12-17H,7H2,1-2H3. The molecular formula is C15H20O2. The van der Waals surface area contributed by atoms with Gasteiger partial charge in [-0.05, 0) is 29.4 Å². The molecule has 2 aliphatic rings. The maximum absolute atomic E-state index is 10.3. The maximum Gasteiger partial charge on any atom is 0.0876 e. The molecule has 0 spiro atoms. The molecule has 2 N–H and O–H groups in total. The van der Waals surface area contributed by atoms with E-state index in [9.17, 15) is 10.2 Å². The lowest BCUT2D eigenvalue weighted by molar-refractivity contribution is -0.0237. The van der Waals surface area contributed by atoms with Crippen molar-refractivity contribution in [3.05, 3.63) is 35.4 Å². The largest absolute Gasteiger partial charge is 0.390 e. The van der Waals surface area contributed by atoms with Crippen molar-refractivity contribution >= 4 is 0 Å². The smallest absolute Gasteiger partial charge is 0.0876 e. The Morgan fingerprint density at radius 3 is 2.18 bits per heavy atom. The van der Waals surface area contributed by atoms with Crippen LogP contribution in [0.25, 0.3) is 0 Å². The molecular weight excluding hydrogens is 212 g/mol. The summed E-state index contributed by atoms with van der Waals surface area (Å²) < 4.78 is 0. The fraction of sp³-hybridized carbons (Fsp3) is 0.600. The predicted molar refractivity (Wildman–Crippen MR) is 66.9 cm³/mol. The van der Waals surface area contributed by atoms with E-state index in [-0.39, 0.29) is 11.8 Å². The van der Waals surface area contributed by atoms with E-state index in [1.165, 1.54) is 17.5 Å². The molecule has 0 bridgehead atoms. The van der Waals surface area contributed by atoms with Crippen LogP contribution in [0.1, 0.15) is 43.2 Å².